The molecule has 0 amide bonds. The monoisotopic (exact) mass is 280 g/mol. The topological polar surface area (TPSA) is 34.2 Å². The van der Waals surface area contributed by atoms with Crippen LogP contribution >= 0.6 is 11.3 Å². The number of benzene rings is 1. The van der Waals surface area contributed by atoms with Gasteiger partial charge in [-0.1, -0.05) is 19.1 Å². The van der Waals surface area contributed by atoms with Gasteiger partial charge in [-0.25, -0.2) is 9.37 Å². The van der Waals surface area contributed by atoms with Gasteiger partial charge in [-0.2, -0.15) is 0 Å². The summed E-state index contributed by atoms with van der Waals surface area (Å²) in [5.41, 5.74) is 0.835. The number of halogens is 1. The summed E-state index contributed by atoms with van der Waals surface area (Å²) >= 11 is 1.59. The molecule has 0 fully saturated rings. The van der Waals surface area contributed by atoms with Crippen molar-refractivity contribution in [2.45, 2.75) is 26.5 Å². The van der Waals surface area contributed by atoms with Crippen molar-refractivity contribution in [3.05, 3.63) is 46.2 Å². The predicted octanol–water partition coefficient (Wildman–Crippen LogP) is 3.36. The summed E-state index contributed by atoms with van der Waals surface area (Å²) in [7, 11) is 0. The van der Waals surface area contributed by atoms with Gasteiger partial charge in [0.15, 0.2) is 11.6 Å². The molecule has 2 rings (SSSR count). The number of nitrogens with one attached hydrogen (secondary N) is 1. The van der Waals surface area contributed by atoms with E-state index in [1.165, 1.54) is 6.07 Å². The van der Waals surface area contributed by atoms with Gasteiger partial charge in [-0.15, -0.1) is 11.3 Å². The van der Waals surface area contributed by atoms with E-state index in [1.54, 1.807) is 29.5 Å². The molecule has 2 aromatic rings. The lowest BCUT2D eigenvalue weighted by Crippen LogP contribution is -2.13. The summed E-state index contributed by atoms with van der Waals surface area (Å²) in [6.07, 6.45) is 1.11. The van der Waals surface area contributed by atoms with E-state index in [2.05, 4.69) is 17.2 Å². The Morgan fingerprint density at radius 1 is 1.37 bits per heavy atom. The molecule has 102 valence electrons. The zero-order valence-corrected chi connectivity index (χ0v) is 11.7. The Bertz CT molecular complexity index is 516. The third-order valence-corrected chi connectivity index (χ3v) is 3.41. The average molecular weight is 280 g/mol. The van der Waals surface area contributed by atoms with E-state index >= 15 is 0 Å². The van der Waals surface area contributed by atoms with Crippen LogP contribution in [0, 0.1) is 5.82 Å². The molecule has 0 saturated heterocycles. The number of hydrogen-bond acceptors (Lipinski definition) is 4. The number of aromatic nitrogens is 1. The van der Waals surface area contributed by atoms with E-state index in [0.29, 0.717) is 6.61 Å². The molecule has 0 radical (unpaired) electrons. The summed E-state index contributed by atoms with van der Waals surface area (Å²) in [6, 6.07) is 6.39. The fourth-order valence-corrected chi connectivity index (χ4v) is 2.33. The first-order chi connectivity index (χ1) is 9.29. The first-order valence-electron chi connectivity index (χ1n) is 6.31. The molecule has 0 bridgehead atoms. The SMILES string of the molecule is CCCNCc1nc(COc2ccccc2F)cs1. The van der Waals surface area contributed by atoms with Gasteiger partial charge in [-0.05, 0) is 25.1 Å². The summed E-state index contributed by atoms with van der Waals surface area (Å²) in [6.45, 7) is 4.19. The molecular formula is C14H17FN2OS. The van der Waals surface area contributed by atoms with Gasteiger partial charge in [-0.3, -0.25) is 0 Å². The fraction of sp³-hybridized carbons (Fsp3) is 0.357. The summed E-state index contributed by atoms with van der Waals surface area (Å²) < 4.78 is 18.8. The molecule has 0 aliphatic carbocycles. The van der Waals surface area contributed by atoms with E-state index in [4.69, 9.17) is 4.74 Å². The highest BCUT2D eigenvalue weighted by Crippen LogP contribution is 2.18. The van der Waals surface area contributed by atoms with Crippen LogP contribution in [0.15, 0.2) is 29.6 Å². The Kier molecular flexibility index (Phi) is 5.30. The molecule has 0 aliphatic rings. The third-order valence-electron chi connectivity index (χ3n) is 2.51. The standard InChI is InChI=1S/C14H17FN2OS/c1-2-7-16-8-14-17-11(10-19-14)9-18-13-6-4-3-5-12(13)15/h3-6,10,16H,2,7-9H2,1H3. The van der Waals surface area contributed by atoms with Crippen LogP contribution in [0.2, 0.25) is 0 Å². The second-order valence-electron chi connectivity index (χ2n) is 4.13. The van der Waals surface area contributed by atoms with Gasteiger partial charge < -0.3 is 10.1 Å². The van der Waals surface area contributed by atoms with Crippen LogP contribution in [0.25, 0.3) is 0 Å². The van der Waals surface area contributed by atoms with Crippen LogP contribution in [-0.2, 0) is 13.2 Å². The quantitative estimate of drug-likeness (QED) is 0.790. The highest BCUT2D eigenvalue weighted by atomic mass is 32.1. The van der Waals surface area contributed by atoms with Crippen LogP contribution in [-0.4, -0.2) is 11.5 Å². The fourth-order valence-electron chi connectivity index (χ4n) is 1.58. The lowest BCUT2D eigenvalue weighted by molar-refractivity contribution is 0.286. The van der Waals surface area contributed by atoms with Crippen LogP contribution in [0.3, 0.4) is 0 Å². The number of para-hydroxylation sites is 1. The molecule has 1 aromatic carbocycles. The van der Waals surface area contributed by atoms with Gasteiger partial charge in [0, 0.05) is 11.9 Å². The van der Waals surface area contributed by atoms with Gasteiger partial charge in [0.1, 0.15) is 11.6 Å². The summed E-state index contributed by atoms with van der Waals surface area (Å²) in [5.74, 6) is -0.0799. The highest BCUT2D eigenvalue weighted by Gasteiger charge is 2.05. The molecule has 1 N–H and O–H groups in total. The van der Waals surface area contributed by atoms with Crippen molar-refractivity contribution in [1.82, 2.24) is 10.3 Å². The Balaban J connectivity index is 1.85. The molecule has 0 atom stereocenters. The van der Waals surface area contributed by atoms with Gasteiger partial charge in [0.2, 0.25) is 0 Å². The zero-order chi connectivity index (χ0) is 13.5. The van der Waals surface area contributed by atoms with E-state index < -0.39 is 0 Å². The Morgan fingerprint density at radius 3 is 3.00 bits per heavy atom. The van der Waals surface area contributed by atoms with Crippen molar-refractivity contribution in [2.75, 3.05) is 6.54 Å². The summed E-state index contributed by atoms with van der Waals surface area (Å²) in [4.78, 5) is 4.44. The van der Waals surface area contributed by atoms with Crippen LogP contribution in [0.1, 0.15) is 24.0 Å². The Labute approximate surface area is 116 Å². The van der Waals surface area contributed by atoms with E-state index in [0.717, 1.165) is 30.2 Å². The van der Waals surface area contributed by atoms with Gasteiger partial charge >= 0.3 is 0 Å². The zero-order valence-electron chi connectivity index (χ0n) is 10.9. The molecule has 1 heterocycles. The minimum absolute atomic E-state index is 0.265. The van der Waals surface area contributed by atoms with E-state index in [-0.39, 0.29) is 11.6 Å². The number of thiazole rings is 1. The molecule has 0 spiro atoms. The lowest BCUT2D eigenvalue weighted by atomic mass is 10.3. The van der Waals surface area contributed by atoms with Crippen molar-refractivity contribution in [2.24, 2.45) is 0 Å². The van der Waals surface area contributed by atoms with Crippen molar-refractivity contribution in [3.8, 4) is 5.75 Å². The lowest BCUT2D eigenvalue weighted by Gasteiger charge is -2.04. The maximum atomic E-state index is 13.4. The molecular weight excluding hydrogens is 263 g/mol. The van der Waals surface area contributed by atoms with Crippen molar-refractivity contribution in [1.29, 1.82) is 0 Å². The Morgan fingerprint density at radius 2 is 2.21 bits per heavy atom. The smallest absolute Gasteiger partial charge is 0.165 e. The van der Waals surface area contributed by atoms with E-state index in [9.17, 15) is 4.39 Å². The van der Waals surface area contributed by atoms with Crippen LogP contribution in [0.4, 0.5) is 4.39 Å². The van der Waals surface area contributed by atoms with Crippen LogP contribution < -0.4 is 10.1 Å². The number of hydrogen-bond donors (Lipinski definition) is 1. The predicted molar refractivity (Wildman–Crippen MR) is 74.8 cm³/mol. The molecule has 3 nitrogen and oxygen atoms in total. The van der Waals surface area contributed by atoms with Crippen molar-refractivity contribution in [3.63, 3.8) is 0 Å². The third kappa shape index (κ3) is 4.29. The maximum Gasteiger partial charge on any atom is 0.165 e. The van der Waals surface area contributed by atoms with Gasteiger partial charge in [0.05, 0.1) is 5.69 Å². The molecule has 1 aromatic heterocycles. The molecule has 0 saturated carbocycles. The summed E-state index contributed by atoms with van der Waals surface area (Å²) in [5, 5.41) is 6.27. The first kappa shape index (κ1) is 14.0. The van der Waals surface area contributed by atoms with Gasteiger partial charge in [0.25, 0.3) is 0 Å². The van der Waals surface area contributed by atoms with Crippen LogP contribution in [0.5, 0.6) is 5.75 Å². The first-order valence-corrected chi connectivity index (χ1v) is 7.19. The normalized spacial score (nSPS) is 10.6. The molecule has 0 unspecified atom stereocenters. The van der Waals surface area contributed by atoms with Crippen molar-refractivity contribution >= 4 is 11.3 Å². The number of ether oxygens (including phenoxy) is 1. The average Bonchev–Trinajstić information content (AvgIpc) is 2.86. The molecule has 19 heavy (non-hydrogen) atoms. The maximum absolute atomic E-state index is 13.4. The number of nitrogens with zero attached hydrogens (tertiary/aromatic N) is 1. The largest absolute Gasteiger partial charge is 0.484 e. The number of rotatable bonds is 7. The second kappa shape index (κ2) is 7.21. The Hall–Kier alpha value is -1.46. The minimum atomic E-state index is -0.345. The highest BCUT2D eigenvalue weighted by molar-refractivity contribution is 7.09. The molecule has 0 aliphatic heterocycles. The molecule has 5 heteroatoms. The second-order valence-corrected chi connectivity index (χ2v) is 5.07. The van der Waals surface area contributed by atoms with Crippen molar-refractivity contribution < 1.29 is 9.13 Å². The van der Waals surface area contributed by atoms with E-state index in [1.807, 2.05) is 5.38 Å². The minimum Gasteiger partial charge on any atom is -0.484 e.